The van der Waals surface area contributed by atoms with E-state index in [1.807, 2.05) is 0 Å². The predicted octanol–water partition coefficient (Wildman–Crippen LogP) is 3.63. The van der Waals surface area contributed by atoms with Crippen molar-refractivity contribution in [3.63, 3.8) is 0 Å². The molecule has 0 aromatic heterocycles. The van der Waals surface area contributed by atoms with Crippen LogP contribution in [0, 0.1) is 41.4 Å². The molecule has 1 saturated heterocycles. The first-order chi connectivity index (χ1) is 15.3. The lowest BCUT2D eigenvalue weighted by molar-refractivity contribution is -0.222. The maximum Gasteiger partial charge on any atom is 0.344 e. The fraction of sp³-hybridized carbons (Fsp3) is 0.923. The molecule has 7 aliphatic rings. The molecule has 6 bridgehead atoms. The van der Waals surface area contributed by atoms with Crippen LogP contribution in [0.3, 0.4) is 0 Å². The van der Waals surface area contributed by atoms with Crippen LogP contribution >= 0.6 is 0 Å². The van der Waals surface area contributed by atoms with Crippen LogP contribution < -0.4 is 0 Å². The molecule has 7 fully saturated rings. The Morgan fingerprint density at radius 2 is 1.66 bits per heavy atom. The molecule has 6 saturated carbocycles. The maximum absolute atomic E-state index is 13.0. The van der Waals surface area contributed by atoms with Gasteiger partial charge in [0.1, 0.15) is 5.60 Å². The molecule has 0 spiro atoms. The van der Waals surface area contributed by atoms with E-state index in [1.165, 1.54) is 0 Å². The molecule has 6 nitrogen and oxygen atoms in total. The molecule has 1 N–H and O–H groups in total. The van der Waals surface area contributed by atoms with Crippen molar-refractivity contribution in [3.05, 3.63) is 0 Å². The number of hydrogen-bond donors (Lipinski definition) is 1. The highest BCUT2D eigenvalue weighted by Crippen LogP contribution is 2.62. The van der Waals surface area contributed by atoms with Gasteiger partial charge in [0, 0.05) is 6.42 Å². The van der Waals surface area contributed by atoms with E-state index in [0.29, 0.717) is 48.0 Å². The highest BCUT2D eigenvalue weighted by Gasteiger charge is 2.62. The van der Waals surface area contributed by atoms with E-state index >= 15 is 0 Å². The van der Waals surface area contributed by atoms with Gasteiger partial charge in [0.15, 0.2) is 6.61 Å². The minimum absolute atomic E-state index is 0.109. The lowest BCUT2D eigenvalue weighted by atomic mass is 9.52. The Hall–Kier alpha value is -1.14. The van der Waals surface area contributed by atoms with E-state index in [4.69, 9.17) is 14.2 Å². The summed E-state index contributed by atoms with van der Waals surface area (Å²) in [5.41, 5.74) is -1.22. The third-order valence-corrected chi connectivity index (χ3v) is 10.1. The molecule has 9 unspecified atom stereocenters. The summed E-state index contributed by atoms with van der Waals surface area (Å²) in [5, 5.41) is 10.9. The normalized spacial score (nSPS) is 52.3. The summed E-state index contributed by atoms with van der Waals surface area (Å²) in [6.45, 7) is 4.07. The van der Waals surface area contributed by atoms with E-state index in [-0.39, 0.29) is 24.6 Å². The van der Waals surface area contributed by atoms with Crippen LogP contribution in [0.25, 0.3) is 0 Å². The molecule has 0 aromatic carbocycles. The van der Waals surface area contributed by atoms with E-state index < -0.39 is 17.2 Å². The largest absolute Gasteiger partial charge is 0.456 e. The number of carbonyl (C=O) groups excluding carboxylic acids is 2. The van der Waals surface area contributed by atoms with Crippen molar-refractivity contribution in [1.82, 2.24) is 0 Å². The Morgan fingerprint density at radius 3 is 2.31 bits per heavy atom. The fourth-order valence-electron chi connectivity index (χ4n) is 9.70. The van der Waals surface area contributed by atoms with Gasteiger partial charge in [-0.2, -0.15) is 0 Å². The zero-order valence-electron chi connectivity index (χ0n) is 19.5. The molecular formula is C26H38O6. The Labute approximate surface area is 190 Å². The molecule has 9 atom stereocenters. The van der Waals surface area contributed by atoms with Crippen LogP contribution in [0.4, 0.5) is 0 Å². The number of carbonyl (C=O) groups is 2. The third kappa shape index (κ3) is 3.26. The van der Waals surface area contributed by atoms with Crippen molar-refractivity contribution in [2.24, 2.45) is 41.4 Å². The molecule has 1 aliphatic heterocycles. The summed E-state index contributed by atoms with van der Waals surface area (Å²) in [4.78, 5) is 25.7. The fourth-order valence-corrected chi connectivity index (χ4v) is 9.70. The van der Waals surface area contributed by atoms with Crippen molar-refractivity contribution < 1.29 is 28.9 Å². The van der Waals surface area contributed by atoms with Crippen molar-refractivity contribution >= 4 is 11.9 Å². The second-order valence-electron chi connectivity index (χ2n) is 12.1. The van der Waals surface area contributed by atoms with Crippen LogP contribution in [0.15, 0.2) is 0 Å². The Balaban J connectivity index is 1.06. The number of rotatable bonds is 6. The van der Waals surface area contributed by atoms with Gasteiger partial charge in [-0.15, -0.1) is 0 Å². The van der Waals surface area contributed by atoms with Crippen molar-refractivity contribution in [1.29, 1.82) is 0 Å². The van der Waals surface area contributed by atoms with Gasteiger partial charge in [-0.3, -0.25) is 4.79 Å². The Kier molecular flexibility index (Phi) is 4.97. The smallest absolute Gasteiger partial charge is 0.344 e. The summed E-state index contributed by atoms with van der Waals surface area (Å²) >= 11 is 0. The lowest BCUT2D eigenvalue weighted by Crippen LogP contribution is -2.60. The minimum Gasteiger partial charge on any atom is -0.456 e. The van der Waals surface area contributed by atoms with Gasteiger partial charge in [-0.1, -0.05) is 13.8 Å². The van der Waals surface area contributed by atoms with Crippen LogP contribution in [0.2, 0.25) is 0 Å². The molecule has 7 rings (SSSR count). The highest BCUT2D eigenvalue weighted by molar-refractivity contribution is 5.78. The van der Waals surface area contributed by atoms with E-state index in [1.54, 1.807) is 0 Å². The standard InChI is InChI=1S/C26H38O6/c1-3-19-22-16-6-17(23(22)20(4-2)31-19)18(7-16)24(28)30-12-21(27)32-26-10-14-5-15(11-26)9-25(29,8-14)13-26/h14-20,22-23,29H,3-13H2,1-2H3. The van der Waals surface area contributed by atoms with Crippen LogP contribution in [0.1, 0.15) is 78.1 Å². The number of fused-ring (bicyclic) bond motifs is 5. The summed E-state index contributed by atoms with van der Waals surface area (Å²) in [7, 11) is 0. The minimum atomic E-state index is -0.670. The Bertz CT molecular complexity index is 779. The first kappa shape index (κ1) is 21.4. The van der Waals surface area contributed by atoms with Crippen molar-refractivity contribution in [2.75, 3.05) is 6.61 Å². The maximum atomic E-state index is 13.0. The van der Waals surface area contributed by atoms with Gasteiger partial charge >= 0.3 is 11.9 Å². The summed E-state index contributed by atoms with van der Waals surface area (Å²) in [6.07, 6.45) is 9.64. The summed E-state index contributed by atoms with van der Waals surface area (Å²) < 4.78 is 17.8. The van der Waals surface area contributed by atoms with Gasteiger partial charge in [0.2, 0.25) is 0 Å². The lowest BCUT2D eigenvalue weighted by Gasteiger charge is -2.59. The average molecular weight is 447 g/mol. The summed E-state index contributed by atoms with van der Waals surface area (Å²) in [5.74, 6) is 2.03. The average Bonchev–Trinajstić information content (AvgIpc) is 3.40. The molecule has 0 aromatic rings. The van der Waals surface area contributed by atoms with Gasteiger partial charge in [0.05, 0.1) is 23.7 Å². The molecule has 6 heteroatoms. The first-order valence-corrected chi connectivity index (χ1v) is 13.1. The second kappa shape index (κ2) is 7.43. The number of hydrogen-bond acceptors (Lipinski definition) is 6. The molecule has 1 heterocycles. The first-order valence-electron chi connectivity index (χ1n) is 13.1. The summed E-state index contributed by atoms with van der Waals surface area (Å²) in [6, 6.07) is 0. The zero-order chi connectivity index (χ0) is 22.3. The Morgan fingerprint density at radius 1 is 0.969 bits per heavy atom. The monoisotopic (exact) mass is 446 g/mol. The van der Waals surface area contributed by atoms with Crippen molar-refractivity contribution in [3.8, 4) is 0 Å². The molecule has 0 amide bonds. The van der Waals surface area contributed by atoms with E-state index in [2.05, 4.69) is 13.8 Å². The number of aliphatic hydroxyl groups is 1. The van der Waals surface area contributed by atoms with Crippen LogP contribution in [-0.2, 0) is 23.8 Å². The van der Waals surface area contributed by atoms with Crippen LogP contribution in [-0.4, -0.2) is 47.1 Å². The zero-order valence-corrected chi connectivity index (χ0v) is 19.5. The van der Waals surface area contributed by atoms with E-state index in [0.717, 1.165) is 57.8 Å². The van der Waals surface area contributed by atoms with Gasteiger partial charge < -0.3 is 19.3 Å². The van der Waals surface area contributed by atoms with Crippen LogP contribution in [0.5, 0.6) is 0 Å². The molecule has 6 aliphatic carbocycles. The number of esters is 2. The number of ether oxygens (including phenoxy) is 3. The highest BCUT2D eigenvalue weighted by atomic mass is 16.6. The van der Waals surface area contributed by atoms with Gasteiger partial charge in [0.25, 0.3) is 0 Å². The topological polar surface area (TPSA) is 82.1 Å². The quantitative estimate of drug-likeness (QED) is 0.628. The van der Waals surface area contributed by atoms with Gasteiger partial charge in [-0.25, -0.2) is 4.79 Å². The SMILES string of the molecule is CCC1OC(CC)C2C3CC(CC3C(=O)OCC(=O)OC34CC5CC(CC(O)(C5)C3)C4)C12. The molecular weight excluding hydrogens is 408 g/mol. The molecule has 32 heavy (non-hydrogen) atoms. The molecule has 0 radical (unpaired) electrons. The van der Waals surface area contributed by atoms with Gasteiger partial charge in [-0.05, 0) is 93.3 Å². The second-order valence-corrected chi connectivity index (χ2v) is 12.1. The third-order valence-electron chi connectivity index (χ3n) is 10.1. The predicted molar refractivity (Wildman–Crippen MR) is 115 cm³/mol. The van der Waals surface area contributed by atoms with E-state index in [9.17, 15) is 14.7 Å². The molecule has 178 valence electrons. The van der Waals surface area contributed by atoms with Crippen molar-refractivity contribution in [2.45, 2.75) is 101 Å².